The Balaban J connectivity index is 2.01. The Labute approximate surface area is 132 Å². The highest BCUT2D eigenvalue weighted by atomic mass is 19.4. The molecule has 0 aliphatic heterocycles. The lowest BCUT2D eigenvalue weighted by atomic mass is 10.1. The molecule has 6 heteroatoms. The molecule has 0 saturated carbocycles. The molecule has 0 bridgehead atoms. The third-order valence-corrected chi connectivity index (χ3v) is 3.11. The van der Waals surface area contributed by atoms with Crippen LogP contribution in [0, 0.1) is 11.3 Å². The summed E-state index contributed by atoms with van der Waals surface area (Å²) in [4.78, 5) is 1.91. The molecule has 120 valence electrons. The number of ether oxygens (including phenoxy) is 1. The molecule has 0 aromatic heterocycles. The van der Waals surface area contributed by atoms with Crippen molar-refractivity contribution in [2.45, 2.75) is 19.5 Å². The van der Waals surface area contributed by atoms with Crippen LogP contribution >= 0.6 is 0 Å². The molecule has 0 amide bonds. The van der Waals surface area contributed by atoms with Crippen LogP contribution in [0.4, 0.5) is 13.2 Å². The summed E-state index contributed by atoms with van der Waals surface area (Å²) >= 11 is 0. The molecule has 0 atom stereocenters. The number of nitriles is 1. The van der Waals surface area contributed by atoms with Gasteiger partial charge in [-0.1, -0.05) is 42.5 Å². The second-order valence-electron chi connectivity index (χ2n) is 4.98. The molecule has 0 spiro atoms. The number of halogens is 3. The second-order valence-corrected chi connectivity index (χ2v) is 4.98. The normalized spacial score (nSPS) is 11.3. The molecule has 2 aromatic carbocycles. The molecule has 0 saturated heterocycles. The topological polar surface area (TPSA) is 36.3 Å². The number of hydrogen-bond acceptors (Lipinski definition) is 3. The Morgan fingerprint density at radius 2 is 1.48 bits per heavy atom. The van der Waals surface area contributed by atoms with Gasteiger partial charge in [-0.15, -0.1) is 13.2 Å². The summed E-state index contributed by atoms with van der Waals surface area (Å²) in [6.07, 6.45) is -4.69. The lowest BCUT2D eigenvalue weighted by Gasteiger charge is -2.19. The summed E-state index contributed by atoms with van der Waals surface area (Å²) in [7, 11) is 0. The Morgan fingerprint density at radius 1 is 0.913 bits per heavy atom. The summed E-state index contributed by atoms with van der Waals surface area (Å²) in [5, 5.41) is 8.93. The highest BCUT2D eigenvalue weighted by Crippen LogP contribution is 2.23. The maximum atomic E-state index is 12.1. The van der Waals surface area contributed by atoms with E-state index in [4.69, 9.17) is 5.26 Å². The van der Waals surface area contributed by atoms with Crippen molar-refractivity contribution in [2.75, 3.05) is 6.54 Å². The molecule has 23 heavy (non-hydrogen) atoms. The monoisotopic (exact) mass is 320 g/mol. The minimum absolute atomic E-state index is 0.232. The molecule has 2 rings (SSSR count). The number of alkyl halides is 3. The molecule has 0 aliphatic carbocycles. The van der Waals surface area contributed by atoms with Gasteiger partial charge in [0, 0.05) is 13.1 Å². The van der Waals surface area contributed by atoms with Gasteiger partial charge < -0.3 is 4.74 Å². The van der Waals surface area contributed by atoms with Gasteiger partial charge in [0.15, 0.2) is 0 Å². The SMILES string of the molecule is N#CCN(Cc1ccccc1)Cc1ccc(OC(F)(F)F)cc1. The van der Waals surface area contributed by atoms with Crippen molar-refractivity contribution in [3.8, 4) is 11.8 Å². The fourth-order valence-electron chi connectivity index (χ4n) is 2.16. The summed E-state index contributed by atoms with van der Waals surface area (Å²) in [6, 6.07) is 17.5. The van der Waals surface area contributed by atoms with E-state index in [-0.39, 0.29) is 12.3 Å². The van der Waals surface area contributed by atoms with Gasteiger partial charge in [0.25, 0.3) is 0 Å². The minimum Gasteiger partial charge on any atom is -0.406 e. The first kappa shape index (κ1) is 16.8. The zero-order valence-corrected chi connectivity index (χ0v) is 12.3. The van der Waals surface area contributed by atoms with E-state index in [1.165, 1.54) is 12.1 Å². The van der Waals surface area contributed by atoms with Crippen molar-refractivity contribution in [1.82, 2.24) is 4.90 Å². The number of benzene rings is 2. The molecular weight excluding hydrogens is 305 g/mol. The zero-order valence-electron chi connectivity index (χ0n) is 12.3. The van der Waals surface area contributed by atoms with Crippen molar-refractivity contribution in [3.05, 3.63) is 65.7 Å². The second kappa shape index (κ2) is 7.65. The average molecular weight is 320 g/mol. The van der Waals surface area contributed by atoms with Crippen molar-refractivity contribution < 1.29 is 17.9 Å². The summed E-state index contributed by atoms with van der Waals surface area (Å²) in [5.74, 6) is -0.254. The number of hydrogen-bond donors (Lipinski definition) is 0. The Bertz CT molecular complexity index is 648. The van der Waals surface area contributed by atoms with Gasteiger partial charge in [-0.2, -0.15) is 5.26 Å². The molecule has 0 fully saturated rings. The van der Waals surface area contributed by atoms with E-state index in [9.17, 15) is 13.2 Å². The molecule has 0 aliphatic rings. The summed E-state index contributed by atoms with van der Waals surface area (Å²) in [6.45, 7) is 1.29. The minimum atomic E-state index is -4.69. The largest absolute Gasteiger partial charge is 0.573 e. The first-order valence-electron chi connectivity index (χ1n) is 6.94. The van der Waals surface area contributed by atoms with E-state index in [0.29, 0.717) is 13.1 Å². The van der Waals surface area contributed by atoms with Crippen LogP contribution in [0.3, 0.4) is 0 Å². The van der Waals surface area contributed by atoms with Gasteiger partial charge in [-0.05, 0) is 23.3 Å². The maximum Gasteiger partial charge on any atom is 0.573 e. The van der Waals surface area contributed by atoms with Gasteiger partial charge in [0.05, 0.1) is 12.6 Å². The predicted molar refractivity (Wildman–Crippen MR) is 79.3 cm³/mol. The van der Waals surface area contributed by atoms with E-state index in [1.54, 1.807) is 12.1 Å². The first-order valence-corrected chi connectivity index (χ1v) is 6.94. The molecule has 3 nitrogen and oxygen atoms in total. The fourth-order valence-corrected chi connectivity index (χ4v) is 2.16. The molecule has 2 aromatic rings. The Kier molecular flexibility index (Phi) is 5.61. The predicted octanol–water partition coefficient (Wildman–Crippen LogP) is 4.11. The Morgan fingerprint density at radius 3 is 2.00 bits per heavy atom. The van der Waals surface area contributed by atoms with Crippen LogP contribution in [-0.4, -0.2) is 17.8 Å². The highest BCUT2D eigenvalue weighted by molar-refractivity contribution is 5.27. The smallest absolute Gasteiger partial charge is 0.406 e. The molecule has 0 unspecified atom stereocenters. The highest BCUT2D eigenvalue weighted by Gasteiger charge is 2.30. The van der Waals surface area contributed by atoms with Gasteiger partial charge >= 0.3 is 6.36 Å². The molecule has 0 N–H and O–H groups in total. The van der Waals surface area contributed by atoms with E-state index in [2.05, 4.69) is 10.8 Å². The van der Waals surface area contributed by atoms with Crippen LogP contribution in [0.1, 0.15) is 11.1 Å². The standard InChI is InChI=1S/C17H15F3N2O/c18-17(19,20)23-16-8-6-15(7-9-16)13-22(11-10-21)12-14-4-2-1-3-5-14/h1-9H,11-13H2. The van der Waals surface area contributed by atoms with Crippen LogP contribution < -0.4 is 4.74 Å². The van der Waals surface area contributed by atoms with Gasteiger partial charge in [-0.3, -0.25) is 4.90 Å². The molecular formula is C17H15F3N2O. The fraction of sp³-hybridized carbons (Fsp3) is 0.235. The van der Waals surface area contributed by atoms with Crippen LogP contribution in [-0.2, 0) is 13.1 Å². The van der Waals surface area contributed by atoms with Crippen LogP contribution in [0.5, 0.6) is 5.75 Å². The zero-order chi connectivity index (χ0) is 16.7. The van der Waals surface area contributed by atoms with Crippen molar-refractivity contribution in [3.63, 3.8) is 0 Å². The van der Waals surface area contributed by atoms with Crippen molar-refractivity contribution >= 4 is 0 Å². The molecule has 0 heterocycles. The maximum absolute atomic E-state index is 12.1. The van der Waals surface area contributed by atoms with Crippen LogP contribution in [0.15, 0.2) is 54.6 Å². The third-order valence-electron chi connectivity index (χ3n) is 3.11. The average Bonchev–Trinajstić information content (AvgIpc) is 2.49. The lowest BCUT2D eigenvalue weighted by Crippen LogP contribution is -2.23. The van der Waals surface area contributed by atoms with Gasteiger partial charge in [-0.25, -0.2) is 0 Å². The van der Waals surface area contributed by atoms with Crippen LogP contribution in [0.2, 0.25) is 0 Å². The van der Waals surface area contributed by atoms with E-state index < -0.39 is 6.36 Å². The van der Waals surface area contributed by atoms with Crippen LogP contribution in [0.25, 0.3) is 0 Å². The van der Waals surface area contributed by atoms with E-state index in [1.807, 2.05) is 35.2 Å². The van der Waals surface area contributed by atoms with E-state index in [0.717, 1.165) is 11.1 Å². The number of nitrogens with zero attached hydrogens (tertiary/aromatic N) is 2. The third kappa shape index (κ3) is 6.01. The van der Waals surface area contributed by atoms with Crippen molar-refractivity contribution in [1.29, 1.82) is 5.26 Å². The lowest BCUT2D eigenvalue weighted by molar-refractivity contribution is -0.274. The quantitative estimate of drug-likeness (QED) is 0.752. The first-order chi connectivity index (χ1) is 11.0. The Hall–Kier alpha value is -2.52. The van der Waals surface area contributed by atoms with Gasteiger partial charge in [0.1, 0.15) is 5.75 Å². The van der Waals surface area contributed by atoms with Gasteiger partial charge in [0.2, 0.25) is 0 Å². The van der Waals surface area contributed by atoms with Crippen molar-refractivity contribution in [2.24, 2.45) is 0 Å². The summed E-state index contributed by atoms with van der Waals surface area (Å²) in [5.41, 5.74) is 1.88. The number of rotatable bonds is 6. The molecule has 0 radical (unpaired) electrons. The summed E-state index contributed by atoms with van der Waals surface area (Å²) < 4.78 is 40.2. The van der Waals surface area contributed by atoms with E-state index >= 15 is 0 Å².